The fraction of sp³-hybridized carbons (Fsp3) is 0.167. The van der Waals surface area contributed by atoms with Crippen LogP contribution in [0.3, 0.4) is 0 Å². The zero-order valence-electron chi connectivity index (χ0n) is 7.29. The van der Waals surface area contributed by atoms with Gasteiger partial charge in [0.05, 0.1) is 0 Å². The van der Waals surface area contributed by atoms with Crippen LogP contribution in [-0.2, 0) is 6.42 Å². The number of rotatable bonds is 0. The summed E-state index contributed by atoms with van der Waals surface area (Å²) in [6, 6.07) is 8.87. The molecule has 13 heavy (non-hydrogen) atoms. The van der Waals surface area contributed by atoms with Crippen molar-refractivity contribution in [2.45, 2.75) is 12.8 Å². The van der Waals surface area contributed by atoms with Gasteiger partial charge in [-0.3, -0.25) is 0 Å². The zero-order chi connectivity index (χ0) is 8.67. The molecule has 0 amide bonds. The first-order valence-electron chi connectivity index (χ1n) is 4.62. The summed E-state index contributed by atoms with van der Waals surface area (Å²) in [5, 5.41) is 1.53. The molecule has 0 saturated heterocycles. The maximum absolute atomic E-state index is 2.33. The van der Waals surface area contributed by atoms with E-state index in [1.807, 2.05) is 0 Å². The molecule has 0 bridgehead atoms. The van der Waals surface area contributed by atoms with Gasteiger partial charge in [-0.05, 0) is 0 Å². The van der Waals surface area contributed by atoms with Crippen LogP contribution in [0.25, 0.3) is 15.7 Å². The van der Waals surface area contributed by atoms with Crippen LogP contribution in [0, 0.1) is 0 Å². The van der Waals surface area contributed by atoms with Crippen LogP contribution in [-0.4, -0.2) is 14.5 Å². The SMILES string of the molecule is C1=Cc2[se]c3ccccc3c2CC1. The molecule has 0 aliphatic heterocycles. The number of hydrogen-bond acceptors (Lipinski definition) is 0. The molecule has 0 spiro atoms. The first kappa shape index (κ1) is 7.61. The molecule has 0 nitrogen and oxygen atoms in total. The average Bonchev–Trinajstić information content (AvgIpc) is 2.56. The Balaban J connectivity index is 2.41. The summed E-state index contributed by atoms with van der Waals surface area (Å²) in [6.45, 7) is 0. The van der Waals surface area contributed by atoms with Gasteiger partial charge in [0, 0.05) is 0 Å². The van der Waals surface area contributed by atoms with Gasteiger partial charge in [0.25, 0.3) is 0 Å². The fourth-order valence-corrected chi connectivity index (χ4v) is 4.41. The third-order valence-corrected chi connectivity index (χ3v) is 5.03. The zero-order valence-corrected chi connectivity index (χ0v) is 9.00. The van der Waals surface area contributed by atoms with Crippen molar-refractivity contribution in [3.05, 3.63) is 40.3 Å². The molecule has 0 saturated carbocycles. The molecule has 2 aromatic rings. The Hall–Kier alpha value is -0.781. The predicted molar refractivity (Wildman–Crippen MR) is 58.2 cm³/mol. The number of allylic oxidation sites excluding steroid dienone is 1. The minimum atomic E-state index is 0.586. The van der Waals surface area contributed by atoms with Gasteiger partial charge in [0.1, 0.15) is 0 Å². The molecule has 0 radical (unpaired) electrons. The van der Waals surface area contributed by atoms with Crippen LogP contribution in [0.4, 0.5) is 0 Å². The molecule has 1 aliphatic rings. The molecule has 64 valence electrons. The van der Waals surface area contributed by atoms with Gasteiger partial charge in [-0.1, -0.05) is 0 Å². The van der Waals surface area contributed by atoms with Gasteiger partial charge in [0.15, 0.2) is 0 Å². The van der Waals surface area contributed by atoms with Crippen molar-refractivity contribution >= 4 is 30.2 Å². The Morgan fingerprint density at radius 2 is 2.08 bits per heavy atom. The van der Waals surface area contributed by atoms with Crippen LogP contribution in [0.1, 0.15) is 16.4 Å². The first-order valence-corrected chi connectivity index (χ1v) is 6.33. The molecule has 1 aromatic heterocycles. The van der Waals surface area contributed by atoms with E-state index in [0.717, 1.165) is 0 Å². The van der Waals surface area contributed by atoms with E-state index in [2.05, 4.69) is 36.4 Å². The number of benzene rings is 1. The summed E-state index contributed by atoms with van der Waals surface area (Å²) >= 11 is 0.586. The monoisotopic (exact) mass is 234 g/mol. The molecule has 0 atom stereocenters. The molecule has 0 unspecified atom stereocenters. The van der Waals surface area contributed by atoms with E-state index >= 15 is 0 Å². The molecular formula is C12H10Se. The van der Waals surface area contributed by atoms with Gasteiger partial charge >= 0.3 is 83.4 Å². The van der Waals surface area contributed by atoms with Crippen molar-refractivity contribution in [1.82, 2.24) is 0 Å². The van der Waals surface area contributed by atoms with E-state index in [-0.39, 0.29) is 0 Å². The second kappa shape index (κ2) is 2.87. The van der Waals surface area contributed by atoms with Crippen molar-refractivity contribution < 1.29 is 0 Å². The summed E-state index contributed by atoms with van der Waals surface area (Å²) in [7, 11) is 0. The van der Waals surface area contributed by atoms with Crippen LogP contribution in [0.5, 0.6) is 0 Å². The van der Waals surface area contributed by atoms with Gasteiger partial charge < -0.3 is 0 Å². The standard InChI is InChI=1S/C12H10Se/c1-3-7-11-9(5-1)10-6-2-4-8-12(10)13-11/h1,3-5,7-8H,2,6H2. The summed E-state index contributed by atoms with van der Waals surface area (Å²) in [6.07, 6.45) is 7.12. The average molecular weight is 233 g/mol. The van der Waals surface area contributed by atoms with Crippen LogP contribution >= 0.6 is 0 Å². The third kappa shape index (κ3) is 1.12. The Morgan fingerprint density at radius 1 is 1.15 bits per heavy atom. The second-order valence-electron chi connectivity index (χ2n) is 3.38. The molecule has 1 heteroatoms. The summed E-state index contributed by atoms with van der Waals surface area (Å²) in [5.41, 5.74) is 1.62. The van der Waals surface area contributed by atoms with Gasteiger partial charge in [-0.2, -0.15) is 0 Å². The summed E-state index contributed by atoms with van der Waals surface area (Å²) in [5.74, 6) is 0. The van der Waals surface area contributed by atoms with Gasteiger partial charge in [-0.15, -0.1) is 0 Å². The van der Waals surface area contributed by atoms with E-state index in [1.165, 1.54) is 18.2 Å². The second-order valence-corrected chi connectivity index (χ2v) is 5.66. The molecule has 1 aliphatic carbocycles. The van der Waals surface area contributed by atoms with E-state index in [9.17, 15) is 0 Å². The first-order chi connectivity index (χ1) is 6.45. The number of fused-ring (bicyclic) bond motifs is 3. The van der Waals surface area contributed by atoms with E-state index in [4.69, 9.17) is 0 Å². The van der Waals surface area contributed by atoms with E-state index in [1.54, 1.807) is 14.3 Å². The minimum absolute atomic E-state index is 0.586. The van der Waals surface area contributed by atoms with E-state index < -0.39 is 0 Å². The van der Waals surface area contributed by atoms with Crippen molar-refractivity contribution in [3.8, 4) is 0 Å². The maximum atomic E-state index is 2.33. The number of aryl methyl sites for hydroxylation is 1. The van der Waals surface area contributed by atoms with Crippen LogP contribution < -0.4 is 0 Å². The van der Waals surface area contributed by atoms with Crippen LogP contribution in [0.2, 0.25) is 0 Å². The quantitative estimate of drug-likeness (QED) is 0.614. The summed E-state index contributed by atoms with van der Waals surface area (Å²) < 4.78 is 3.19. The Kier molecular flexibility index (Phi) is 1.68. The normalized spacial score (nSPS) is 14.8. The third-order valence-electron chi connectivity index (χ3n) is 2.56. The van der Waals surface area contributed by atoms with Crippen molar-refractivity contribution in [2.75, 3.05) is 0 Å². The predicted octanol–water partition coefficient (Wildman–Crippen LogP) is 2.86. The van der Waals surface area contributed by atoms with Crippen molar-refractivity contribution in [2.24, 2.45) is 0 Å². The van der Waals surface area contributed by atoms with Crippen molar-refractivity contribution in [3.63, 3.8) is 0 Å². The molecule has 1 aromatic carbocycles. The van der Waals surface area contributed by atoms with E-state index in [0.29, 0.717) is 14.5 Å². The topological polar surface area (TPSA) is 0 Å². The number of hydrogen-bond donors (Lipinski definition) is 0. The molecule has 3 rings (SSSR count). The molecule has 1 heterocycles. The summed E-state index contributed by atoms with van der Waals surface area (Å²) in [4.78, 5) is 0. The molecule has 0 fully saturated rings. The molecular weight excluding hydrogens is 223 g/mol. The molecule has 0 N–H and O–H groups in total. The Morgan fingerprint density at radius 3 is 3.08 bits per heavy atom. The van der Waals surface area contributed by atoms with Crippen molar-refractivity contribution in [1.29, 1.82) is 0 Å². The Bertz CT molecular complexity index is 477. The van der Waals surface area contributed by atoms with Crippen LogP contribution in [0.15, 0.2) is 30.3 Å². The van der Waals surface area contributed by atoms with Gasteiger partial charge in [0.2, 0.25) is 0 Å². The Labute approximate surface area is 83.6 Å². The fourth-order valence-electron chi connectivity index (χ4n) is 1.93. The van der Waals surface area contributed by atoms with Gasteiger partial charge in [-0.25, -0.2) is 0 Å².